The summed E-state index contributed by atoms with van der Waals surface area (Å²) in [5.74, 6) is -1.03. The van der Waals surface area contributed by atoms with Gasteiger partial charge in [-0.2, -0.15) is 5.10 Å². The van der Waals surface area contributed by atoms with E-state index in [1.165, 1.54) is 18.2 Å². The summed E-state index contributed by atoms with van der Waals surface area (Å²) in [7, 11) is 4.40. The molecular weight excluding hydrogens is 445 g/mol. The summed E-state index contributed by atoms with van der Waals surface area (Å²) in [5.41, 5.74) is 0.689. The Balaban J connectivity index is 1.59. The minimum atomic E-state index is -1.54. The average Bonchev–Trinajstić information content (AvgIpc) is 3.22. The van der Waals surface area contributed by atoms with Gasteiger partial charge in [0.2, 0.25) is 5.95 Å². The second-order valence-corrected chi connectivity index (χ2v) is 9.84. The molecule has 2 aromatic heterocycles. The van der Waals surface area contributed by atoms with E-state index in [9.17, 15) is 18.0 Å². The molecule has 1 aliphatic rings. The van der Waals surface area contributed by atoms with Gasteiger partial charge in [-0.1, -0.05) is 24.5 Å². The molecule has 31 heavy (non-hydrogen) atoms. The van der Waals surface area contributed by atoms with Gasteiger partial charge in [-0.25, -0.2) is 27.8 Å². The van der Waals surface area contributed by atoms with Crippen LogP contribution in [0.25, 0.3) is 11.3 Å². The first-order valence-electron chi connectivity index (χ1n) is 9.60. The highest BCUT2D eigenvalue weighted by Gasteiger charge is 2.39. The van der Waals surface area contributed by atoms with Gasteiger partial charge in [0, 0.05) is 42.2 Å². The molecule has 1 fully saturated rings. The van der Waals surface area contributed by atoms with E-state index in [2.05, 4.69) is 33.5 Å². The van der Waals surface area contributed by atoms with E-state index in [0.717, 1.165) is 23.2 Å². The summed E-state index contributed by atoms with van der Waals surface area (Å²) in [4.78, 5) is 22.7. The predicted octanol–water partition coefficient (Wildman–Crippen LogP) is 3.37. The second kappa shape index (κ2) is 8.64. The summed E-state index contributed by atoms with van der Waals surface area (Å²) < 4.78 is 42.6. The van der Waals surface area contributed by atoms with Gasteiger partial charge in [-0.15, -0.1) is 0 Å². The number of halogens is 3. The molecule has 3 aromatic rings. The standard InChI is InChI=1S/C20H20F3N5OP2/c21-14-4-3-12(15(22)8-14)11-28-18(29)6-5-16(26-28)13-9-24-19(25-10-13)27-7-1-2-17(27)20(23,30)31/h3-6,8-10,17H,1-2,7,11,30-31H2. The van der Waals surface area contributed by atoms with Crippen LogP contribution in [0.3, 0.4) is 0 Å². The lowest BCUT2D eigenvalue weighted by Gasteiger charge is -2.31. The predicted molar refractivity (Wildman–Crippen MR) is 119 cm³/mol. The van der Waals surface area contributed by atoms with E-state index in [1.54, 1.807) is 12.4 Å². The molecule has 0 N–H and O–H groups in total. The Morgan fingerprint density at radius 2 is 1.87 bits per heavy atom. The first-order chi connectivity index (χ1) is 14.7. The Kier molecular flexibility index (Phi) is 6.09. The molecule has 1 aliphatic heterocycles. The van der Waals surface area contributed by atoms with E-state index in [0.29, 0.717) is 30.2 Å². The van der Waals surface area contributed by atoms with Crippen LogP contribution in [0.1, 0.15) is 18.4 Å². The van der Waals surface area contributed by atoms with Crippen LogP contribution < -0.4 is 10.5 Å². The van der Waals surface area contributed by atoms with Gasteiger partial charge in [0.15, 0.2) is 5.15 Å². The normalized spacial score (nSPS) is 16.7. The highest BCUT2D eigenvalue weighted by atomic mass is 31.1. The quantitative estimate of drug-likeness (QED) is 0.541. The molecule has 4 rings (SSSR count). The minimum absolute atomic E-state index is 0.143. The van der Waals surface area contributed by atoms with Gasteiger partial charge in [0.25, 0.3) is 5.56 Å². The van der Waals surface area contributed by atoms with Crippen LogP contribution in [-0.4, -0.2) is 37.5 Å². The maximum Gasteiger partial charge on any atom is 0.267 e. The van der Waals surface area contributed by atoms with Gasteiger partial charge in [-0.05, 0) is 25.0 Å². The van der Waals surface area contributed by atoms with Gasteiger partial charge >= 0.3 is 0 Å². The van der Waals surface area contributed by atoms with Crippen LogP contribution in [0.15, 0.2) is 47.5 Å². The highest BCUT2D eigenvalue weighted by molar-refractivity contribution is 7.39. The number of hydrogen-bond acceptors (Lipinski definition) is 5. The molecule has 3 heterocycles. The summed E-state index contributed by atoms with van der Waals surface area (Å²) >= 11 is 0. The Bertz CT molecular complexity index is 1150. The molecule has 3 unspecified atom stereocenters. The van der Waals surface area contributed by atoms with Crippen LogP contribution in [0.2, 0.25) is 0 Å². The van der Waals surface area contributed by atoms with Crippen LogP contribution >= 0.6 is 18.5 Å². The minimum Gasteiger partial charge on any atom is -0.334 e. The molecule has 0 bridgehead atoms. The van der Waals surface area contributed by atoms with Crippen molar-refractivity contribution in [3.8, 4) is 11.3 Å². The van der Waals surface area contributed by atoms with Crippen molar-refractivity contribution in [2.24, 2.45) is 0 Å². The molecule has 6 nitrogen and oxygen atoms in total. The Morgan fingerprint density at radius 1 is 1.13 bits per heavy atom. The molecule has 0 radical (unpaired) electrons. The molecular formula is C20H20F3N5OP2. The summed E-state index contributed by atoms with van der Waals surface area (Å²) in [5, 5.41) is 2.73. The van der Waals surface area contributed by atoms with Crippen molar-refractivity contribution >= 4 is 24.4 Å². The van der Waals surface area contributed by atoms with Gasteiger partial charge in [0.05, 0.1) is 18.3 Å². The van der Waals surface area contributed by atoms with Crippen molar-refractivity contribution in [1.82, 2.24) is 19.7 Å². The van der Waals surface area contributed by atoms with Crippen LogP contribution in [-0.2, 0) is 6.54 Å². The molecule has 3 atom stereocenters. The average molecular weight is 465 g/mol. The topological polar surface area (TPSA) is 63.9 Å². The molecule has 162 valence electrons. The molecule has 11 heteroatoms. The lowest BCUT2D eigenvalue weighted by Crippen LogP contribution is -2.40. The third-order valence-electron chi connectivity index (χ3n) is 5.16. The number of nitrogens with zero attached hydrogens (tertiary/aromatic N) is 5. The number of alkyl halides is 1. The zero-order chi connectivity index (χ0) is 22.2. The van der Waals surface area contributed by atoms with E-state index < -0.39 is 22.3 Å². The van der Waals surface area contributed by atoms with Crippen LogP contribution in [0.4, 0.5) is 19.1 Å². The maximum absolute atomic E-state index is 14.4. The monoisotopic (exact) mass is 465 g/mol. The number of hydrogen-bond donors (Lipinski definition) is 0. The molecule has 0 amide bonds. The number of benzene rings is 1. The van der Waals surface area contributed by atoms with E-state index in [4.69, 9.17) is 0 Å². The lowest BCUT2D eigenvalue weighted by molar-refractivity contribution is 0.346. The van der Waals surface area contributed by atoms with Gasteiger partial charge < -0.3 is 4.90 Å². The molecule has 0 saturated carbocycles. The van der Waals surface area contributed by atoms with E-state index in [1.807, 2.05) is 4.90 Å². The first kappa shape index (κ1) is 21.8. The summed E-state index contributed by atoms with van der Waals surface area (Å²) in [6, 6.07) is 5.64. The molecule has 1 saturated heterocycles. The molecule has 1 aromatic carbocycles. The van der Waals surface area contributed by atoms with Crippen molar-refractivity contribution in [2.75, 3.05) is 11.4 Å². The fourth-order valence-electron chi connectivity index (χ4n) is 3.60. The van der Waals surface area contributed by atoms with Crippen molar-refractivity contribution < 1.29 is 13.2 Å². The number of rotatable bonds is 5. The summed E-state index contributed by atoms with van der Waals surface area (Å²) in [6.07, 6.45) is 4.65. The lowest BCUT2D eigenvalue weighted by atomic mass is 10.2. The van der Waals surface area contributed by atoms with E-state index in [-0.39, 0.29) is 18.2 Å². The Morgan fingerprint density at radius 3 is 2.55 bits per heavy atom. The first-order valence-corrected chi connectivity index (χ1v) is 10.8. The largest absolute Gasteiger partial charge is 0.334 e. The third kappa shape index (κ3) is 4.78. The number of aromatic nitrogens is 4. The van der Waals surface area contributed by atoms with Crippen molar-refractivity contribution in [1.29, 1.82) is 0 Å². The summed E-state index contributed by atoms with van der Waals surface area (Å²) in [6.45, 7) is 0.513. The van der Waals surface area contributed by atoms with Crippen molar-refractivity contribution in [3.05, 3.63) is 70.3 Å². The fraction of sp³-hybridized carbons (Fsp3) is 0.300. The zero-order valence-corrected chi connectivity index (χ0v) is 18.7. The Labute approximate surface area is 181 Å². The van der Waals surface area contributed by atoms with Crippen molar-refractivity contribution in [3.63, 3.8) is 0 Å². The fourth-order valence-corrected chi connectivity index (χ4v) is 4.29. The SMILES string of the molecule is O=c1ccc(-c2cnc(N3CCCC3C(F)(P)P)nc2)nn1Cc1ccc(F)cc1F. The van der Waals surface area contributed by atoms with Gasteiger partial charge in [0.1, 0.15) is 11.6 Å². The Hall–Kier alpha value is -2.37. The smallest absolute Gasteiger partial charge is 0.267 e. The maximum atomic E-state index is 14.4. The van der Waals surface area contributed by atoms with Crippen molar-refractivity contribution in [2.45, 2.75) is 30.6 Å². The van der Waals surface area contributed by atoms with E-state index >= 15 is 0 Å². The third-order valence-corrected chi connectivity index (χ3v) is 5.93. The van der Waals surface area contributed by atoms with Crippen LogP contribution in [0.5, 0.6) is 0 Å². The highest BCUT2D eigenvalue weighted by Crippen LogP contribution is 2.41. The zero-order valence-electron chi connectivity index (χ0n) is 16.4. The number of anilines is 1. The second-order valence-electron chi connectivity index (χ2n) is 7.40. The molecule has 0 aliphatic carbocycles. The van der Waals surface area contributed by atoms with Gasteiger partial charge in [-0.3, -0.25) is 4.79 Å². The van der Waals surface area contributed by atoms with Crippen LogP contribution in [0, 0.1) is 11.6 Å². The molecule has 0 spiro atoms.